The van der Waals surface area contributed by atoms with Crippen LogP contribution >= 0.6 is 0 Å². The van der Waals surface area contributed by atoms with E-state index in [1.165, 1.54) is 18.4 Å². The van der Waals surface area contributed by atoms with Gasteiger partial charge in [-0.1, -0.05) is 30.3 Å². The lowest BCUT2D eigenvalue weighted by Crippen LogP contribution is -2.16. The molecule has 3 heterocycles. The lowest BCUT2D eigenvalue weighted by molar-refractivity contribution is 0.171. The molecule has 1 aliphatic heterocycles. The molecule has 4 aromatic rings. The summed E-state index contributed by atoms with van der Waals surface area (Å²) in [4.78, 5) is 4.27. The highest BCUT2D eigenvalue weighted by Crippen LogP contribution is 2.37. The molecular formula is C22H18N2O6S. The summed E-state index contributed by atoms with van der Waals surface area (Å²) in [7, 11) is -4.02. The summed E-state index contributed by atoms with van der Waals surface area (Å²) in [6, 6.07) is 17.3. The highest BCUT2D eigenvalue weighted by molar-refractivity contribution is 7.91. The van der Waals surface area contributed by atoms with E-state index in [1.807, 2.05) is 30.3 Å². The predicted octanol–water partition coefficient (Wildman–Crippen LogP) is 4.15. The van der Waals surface area contributed by atoms with E-state index in [9.17, 15) is 8.42 Å². The molecule has 0 bridgehead atoms. The third-order valence-electron chi connectivity index (χ3n) is 4.70. The Labute approximate surface area is 178 Å². The van der Waals surface area contributed by atoms with Gasteiger partial charge in [0, 0.05) is 12.6 Å². The minimum atomic E-state index is -4.02. The number of nitrogens with zero attached hydrogens (tertiary/aromatic N) is 1. The first kappa shape index (κ1) is 19.3. The summed E-state index contributed by atoms with van der Waals surface area (Å²) in [5.74, 6) is 1.30. The van der Waals surface area contributed by atoms with E-state index in [0.29, 0.717) is 37.0 Å². The maximum Gasteiger partial charge on any atom is 0.266 e. The van der Waals surface area contributed by atoms with E-state index in [-0.39, 0.29) is 21.7 Å². The second kappa shape index (κ2) is 7.84. The molecular weight excluding hydrogens is 420 g/mol. The van der Waals surface area contributed by atoms with Gasteiger partial charge in [-0.15, -0.1) is 0 Å². The van der Waals surface area contributed by atoms with Gasteiger partial charge in [-0.05, 0) is 29.8 Å². The first-order valence-corrected chi connectivity index (χ1v) is 11.1. The predicted molar refractivity (Wildman–Crippen MR) is 111 cm³/mol. The molecule has 2 aromatic carbocycles. The number of benzene rings is 2. The Balaban J connectivity index is 1.54. The van der Waals surface area contributed by atoms with E-state index in [1.54, 1.807) is 18.2 Å². The molecule has 8 nitrogen and oxygen atoms in total. The number of fused-ring (bicyclic) bond motifs is 1. The van der Waals surface area contributed by atoms with E-state index in [0.717, 1.165) is 5.56 Å². The van der Waals surface area contributed by atoms with Crippen molar-refractivity contribution in [1.29, 1.82) is 0 Å². The molecule has 0 amide bonds. The Morgan fingerprint density at radius 1 is 0.935 bits per heavy atom. The highest BCUT2D eigenvalue weighted by Gasteiger charge is 2.30. The number of aromatic nitrogens is 1. The first-order valence-electron chi connectivity index (χ1n) is 9.58. The Morgan fingerprint density at radius 2 is 1.74 bits per heavy atom. The van der Waals surface area contributed by atoms with Gasteiger partial charge in [0.2, 0.25) is 20.7 Å². The van der Waals surface area contributed by atoms with Gasteiger partial charge in [-0.3, -0.25) is 0 Å². The smallest absolute Gasteiger partial charge is 0.266 e. The zero-order valence-electron chi connectivity index (χ0n) is 16.3. The number of furan rings is 1. The van der Waals surface area contributed by atoms with Crippen LogP contribution in [0.5, 0.6) is 11.5 Å². The summed E-state index contributed by atoms with van der Waals surface area (Å²) < 4.78 is 49.0. The fourth-order valence-electron chi connectivity index (χ4n) is 3.19. The van der Waals surface area contributed by atoms with Crippen molar-refractivity contribution in [1.82, 2.24) is 4.98 Å². The molecule has 0 saturated heterocycles. The Bertz CT molecular complexity index is 1300. The number of hydrogen-bond acceptors (Lipinski definition) is 8. The third kappa shape index (κ3) is 3.75. The summed E-state index contributed by atoms with van der Waals surface area (Å²) in [5, 5.41) is 2.81. The summed E-state index contributed by atoms with van der Waals surface area (Å²) in [6.45, 7) is 1.13. The number of nitrogens with one attached hydrogen (secondary N) is 1. The molecule has 158 valence electrons. The van der Waals surface area contributed by atoms with Crippen molar-refractivity contribution in [3.8, 4) is 23.1 Å². The van der Waals surface area contributed by atoms with Crippen LogP contribution < -0.4 is 14.8 Å². The highest BCUT2D eigenvalue weighted by atomic mass is 32.2. The monoisotopic (exact) mass is 438 g/mol. The Hall–Kier alpha value is -3.72. The molecule has 1 aliphatic rings. The van der Waals surface area contributed by atoms with Crippen LogP contribution in [0.1, 0.15) is 5.56 Å². The van der Waals surface area contributed by atoms with Crippen molar-refractivity contribution in [3.63, 3.8) is 0 Å². The van der Waals surface area contributed by atoms with E-state index >= 15 is 0 Å². The topological polar surface area (TPSA) is 104 Å². The van der Waals surface area contributed by atoms with Gasteiger partial charge >= 0.3 is 0 Å². The van der Waals surface area contributed by atoms with Gasteiger partial charge in [0.25, 0.3) is 5.89 Å². The van der Waals surface area contributed by atoms with Gasteiger partial charge in [-0.25, -0.2) is 8.42 Å². The SMILES string of the molecule is O=S(=O)(c1ccc2c(c1)OCCO2)c1nc(-c2ccco2)oc1NCc1ccccc1. The molecule has 0 unspecified atom stereocenters. The molecule has 9 heteroatoms. The molecule has 0 atom stereocenters. The largest absolute Gasteiger partial charge is 0.486 e. The summed E-state index contributed by atoms with van der Waals surface area (Å²) in [6.07, 6.45) is 1.46. The first-order chi connectivity index (χ1) is 15.1. The van der Waals surface area contributed by atoms with Crippen LogP contribution in [0.25, 0.3) is 11.7 Å². The second-order valence-corrected chi connectivity index (χ2v) is 8.64. The summed E-state index contributed by atoms with van der Waals surface area (Å²) in [5.41, 5.74) is 0.959. The molecule has 0 spiro atoms. The van der Waals surface area contributed by atoms with Gasteiger partial charge in [-0.2, -0.15) is 4.98 Å². The fraction of sp³-hybridized carbons (Fsp3) is 0.136. The molecule has 0 fully saturated rings. The van der Waals surface area contributed by atoms with Gasteiger partial charge in [0.05, 0.1) is 11.2 Å². The van der Waals surface area contributed by atoms with Crippen molar-refractivity contribution in [3.05, 3.63) is 72.5 Å². The van der Waals surface area contributed by atoms with Crippen molar-refractivity contribution >= 4 is 15.7 Å². The fourth-order valence-corrected chi connectivity index (χ4v) is 4.48. The second-order valence-electron chi connectivity index (χ2n) is 6.78. The number of anilines is 1. The van der Waals surface area contributed by atoms with Crippen molar-refractivity contribution in [2.45, 2.75) is 16.5 Å². The lowest BCUT2D eigenvalue weighted by atomic mass is 10.2. The third-order valence-corrected chi connectivity index (χ3v) is 6.36. The maximum atomic E-state index is 13.4. The van der Waals surface area contributed by atoms with Crippen LogP contribution in [0.15, 0.2) is 85.7 Å². The molecule has 2 aromatic heterocycles. The van der Waals surface area contributed by atoms with Crippen LogP contribution in [0, 0.1) is 0 Å². The van der Waals surface area contributed by atoms with E-state index in [2.05, 4.69) is 10.3 Å². The minimum absolute atomic E-state index is 0.0267. The Kier molecular flexibility index (Phi) is 4.87. The van der Waals surface area contributed by atoms with Crippen LogP contribution in [0.4, 0.5) is 5.88 Å². The average Bonchev–Trinajstić information content (AvgIpc) is 3.48. The standard InChI is InChI=1S/C22H18N2O6S/c25-31(26,16-8-9-17-19(13-16)29-12-11-28-17)22-21(23-14-15-5-2-1-3-6-15)30-20(24-22)18-7-4-10-27-18/h1-10,13,23H,11-12,14H2. The van der Waals surface area contributed by atoms with Crippen LogP contribution in [0.2, 0.25) is 0 Å². The molecule has 1 N–H and O–H groups in total. The molecule has 0 saturated carbocycles. The zero-order chi connectivity index (χ0) is 21.3. The van der Waals surface area contributed by atoms with Gasteiger partial charge < -0.3 is 23.6 Å². The number of oxazole rings is 1. The maximum absolute atomic E-state index is 13.4. The van der Waals surface area contributed by atoms with Crippen molar-refractivity contribution < 1.29 is 26.7 Å². The molecule has 5 rings (SSSR count). The number of ether oxygens (including phenoxy) is 2. The average molecular weight is 438 g/mol. The van der Waals surface area contributed by atoms with Crippen LogP contribution in [-0.4, -0.2) is 26.6 Å². The van der Waals surface area contributed by atoms with Crippen LogP contribution in [0.3, 0.4) is 0 Å². The zero-order valence-corrected chi connectivity index (χ0v) is 17.1. The quantitative estimate of drug-likeness (QED) is 0.479. The van der Waals surface area contributed by atoms with Gasteiger partial charge in [0.1, 0.15) is 13.2 Å². The summed E-state index contributed by atoms with van der Waals surface area (Å²) >= 11 is 0. The van der Waals surface area contributed by atoms with E-state index in [4.69, 9.17) is 18.3 Å². The van der Waals surface area contributed by atoms with Gasteiger partial charge in [0.15, 0.2) is 17.3 Å². The Morgan fingerprint density at radius 3 is 2.52 bits per heavy atom. The van der Waals surface area contributed by atoms with E-state index < -0.39 is 9.84 Å². The van der Waals surface area contributed by atoms with Crippen molar-refractivity contribution in [2.24, 2.45) is 0 Å². The molecule has 0 aliphatic carbocycles. The molecule has 0 radical (unpaired) electrons. The normalized spacial score (nSPS) is 13.2. The number of hydrogen-bond donors (Lipinski definition) is 1. The number of sulfone groups is 1. The number of rotatable bonds is 6. The minimum Gasteiger partial charge on any atom is -0.486 e. The molecule has 31 heavy (non-hydrogen) atoms. The van der Waals surface area contributed by atoms with Crippen molar-refractivity contribution in [2.75, 3.05) is 18.5 Å². The lowest BCUT2D eigenvalue weighted by Gasteiger charge is -2.18. The van der Waals surface area contributed by atoms with Crippen LogP contribution in [-0.2, 0) is 16.4 Å².